The largest absolute Gasteiger partial charge is 0.389 e. The van der Waals surface area contributed by atoms with Gasteiger partial charge in [-0.25, -0.2) is 28.7 Å². The van der Waals surface area contributed by atoms with Gasteiger partial charge in [-0.15, -0.1) is 0 Å². The Balaban J connectivity index is 1.26. The molecule has 2 unspecified atom stereocenters. The van der Waals surface area contributed by atoms with Gasteiger partial charge in [0.2, 0.25) is 11.7 Å². The highest BCUT2D eigenvalue weighted by Crippen LogP contribution is 2.67. The van der Waals surface area contributed by atoms with Crippen molar-refractivity contribution in [3.8, 4) is 11.8 Å². The number of imidazole rings is 1. The molecule has 4 N–H and O–H groups in total. The lowest BCUT2D eigenvalue weighted by Crippen LogP contribution is -2.41. The number of aliphatic hydroxyl groups excluding tert-OH is 2. The molecule has 0 bridgehead atoms. The quantitative estimate of drug-likeness (QED) is 0.273. The van der Waals surface area contributed by atoms with E-state index in [4.69, 9.17) is 0 Å². The fourth-order valence-corrected chi connectivity index (χ4v) is 6.28. The van der Waals surface area contributed by atoms with Gasteiger partial charge in [-0.3, -0.25) is 4.79 Å². The van der Waals surface area contributed by atoms with E-state index in [0.29, 0.717) is 41.1 Å². The molecule has 3 fully saturated rings. The lowest BCUT2D eigenvalue weighted by Gasteiger charge is -2.23. The van der Waals surface area contributed by atoms with Crippen LogP contribution in [0.15, 0.2) is 48.9 Å². The summed E-state index contributed by atoms with van der Waals surface area (Å²) >= 11 is 0. The molecule has 1 amide bonds. The summed E-state index contributed by atoms with van der Waals surface area (Å²) in [4.78, 5) is 30.6. The van der Waals surface area contributed by atoms with Crippen LogP contribution >= 0.6 is 0 Å². The highest BCUT2D eigenvalue weighted by molar-refractivity contribution is 5.88. The zero-order valence-electron chi connectivity index (χ0n) is 21.8. The number of fused-ring (bicyclic) bond motifs is 2. The van der Waals surface area contributed by atoms with Gasteiger partial charge >= 0.3 is 0 Å². The number of carbonyl (C=O) groups is 1. The van der Waals surface area contributed by atoms with E-state index in [1.807, 2.05) is 6.07 Å². The maximum Gasteiger partial charge on any atom is 0.229 e. The second kappa shape index (κ2) is 9.29. The molecule has 3 aromatic heterocycles. The van der Waals surface area contributed by atoms with Gasteiger partial charge in [0.15, 0.2) is 28.6 Å². The van der Waals surface area contributed by atoms with Gasteiger partial charge in [-0.05, 0) is 54.5 Å². The van der Waals surface area contributed by atoms with Crippen molar-refractivity contribution in [2.45, 2.75) is 43.1 Å². The number of pyridine rings is 1. The SMILES string of the molecule is CNC(=O)[C@]12CC1[C@@H](n1cnc3c(NC4C[C@H]4c4ccc(F)c(F)c4)nc(C#Cc4ccccn4)nc31)[C@H](O)[C@@H]2O. The van der Waals surface area contributed by atoms with E-state index in [-0.39, 0.29) is 29.6 Å². The van der Waals surface area contributed by atoms with Crippen molar-refractivity contribution in [2.24, 2.45) is 11.3 Å². The van der Waals surface area contributed by atoms with Crippen LogP contribution in [0.5, 0.6) is 0 Å². The first-order valence-corrected chi connectivity index (χ1v) is 13.3. The summed E-state index contributed by atoms with van der Waals surface area (Å²) in [5, 5.41) is 27.8. The van der Waals surface area contributed by atoms with Crippen LogP contribution in [0.4, 0.5) is 14.6 Å². The molecule has 208 valence electrons. The molecule has 10 nitrogen and oxygen atoms in total. The minimum absolute atomic E-state index is 0.0494. The van der Waals surface area contributed by atoms with E-state index in [1.165, 1.54) is 19.4 Å². The number of aliphatic hydroxyl groups is 2. The Hall–Kier alpha value is -4.47. The summed E-state index contributed by atoms with van der Waals surface area (Å²) in [6.45, 7) is 0. The van der Waals surface area contributed by atoms with E-state index >= 15 is 0 Å². The maximum absolute atomic E-state index is 13.8. The average molecular weight is 558 g/mol. The lowest BCUT2D eigenvalue weighted by molar-refractivity contribution is -0.132. The third-order valence-corrected chi connectivity index (χ3v) is 8.52. The molecule has 1 aromatic carbocycles. The second-order valence-electron chi connectivity index (χ2n) is 10.8. The third-order valence-electron chi connectivity index (χ3n) is 8.52. The van der Waals surface area contributed by atoms with Crippen molar-refractivity contribution in [1.29, 1.82) is 0 Å². The number of hydrogen-bond acceptors (Lipinski definition) is 8. The first-order chi connectivity index (χ1) is 19.8. The monoisotopic (exact) mass is 557 g/mol. The van der Waals surface area contributed by atoms with E-state index in [0.717, 1.165) is 6.07 Å². The van der Waals surface area contributed by atoms with Crippen LogP contribution in [0.25, 0.3) is 11.2 Å². The van der Waals surface area contributed by atoms with Crippen LogP contribution in [0.3, 0.4) is 0 Å². The summed E-state index contributed by atoms with van der Waals surface area (Å²) in [5.74, 6) is 4.02. The summed E-state index contributed by atoms with van der Waals surface area (Å²) < 4.78 is 29.0. The third kappa shape index (κ3) is 4.03. The number of amides is 1. The molecule has 41 heavy (non-hydrogen) atoms. The van der Waals surface area contributed by atoms with Crippen molar-refractivity contribution in [1.82, 2.24) is 29.8 Å². The van der Waals surface area contributed by atoms with E-state index in [2.05, 4.69) is 42.4 Å². The summed E-state index contributed by atoms with van der Waals surface area (Å²) in [6.07, 6.45) is 1.81. The molecule has 0 saturated heterocycles. The number of nitrogens with zero attached hydrogens (tertiary/aromatic N) is 5. The van der Waals surface area contributed by atoms with Crippen LogP contribution in [0, 0.1) is 34.8 Å². The molecule has 12 heteroatoms. The molecule has 3 heterocycles. The number of aromatic nitrogens is 5. The molecule has 3 aliphatic carbocycles. The highest BCUT2D eigenvalue weighted by Gasteiger charge is 2.75. The molecule has 0 radical (unpaired) electrons. The topological polar surface area (TPSA) is 138 Å². The van der Waals surface area contributed by atoms with Gasteiger partial charge in [-0.2, -0.15) is 0 Å². The molecule has 7 atom stereocenters. The molecule has 0 spiro atoms. The van der Waals surface area contributed by atoms with Gasteiger partial charge < -0.3 is 25.4 Å². The summed E-state index contributed by atoms with van der Waals surface area (Å²) in [6, 6.07) is 8.50. The molecule has 3 saturated carbocycles. The van der Waals surface area contributed by atoms with Crippen LogP contribution in [-0.4, -0.2) is 65.9 Å². The zero-order chi connectivity index (χ0) is 28.5. The van der Waals surface area contributed by atoms with Gasteiger partial charge in [0.1, 0.15) is 11.8 Å². The molecule has 7 rings (SSSR count). The van der Waals surface area contributed by atoms with Crippen molar-refractivity contribution in [3.63, 3.8) is 0 Å². The summed E-state index contributed by atoms with van der Waals surface area (Å²) in [7, 11) is 1.51. The normalized spacial score (nSPS) is 29.4. The number of benzene rings is 1. The number of nitrogens with one attached hydrogen (secondary N) is 2. The predicted molar refractivity (Wildman–Crippen MR) is 142 cm³/mol. The Morgan fingerprint density at radius 3 is 2.73 bits per heavy atom. The molecule has 0 aliphatic heterocycles. The first kappa shape index (κ1) is 25.5. The molecule has 4 aromatic rings. The Bertz CT molecular complexity index is 1750. The first-order valence-electron chi connectivity index (χ1n) is 13.3. The van der Waals surface area contributed by atoms with Crippen molar-refractivity contribution in [2.75, 3.05) is 12.4 Å². The number of carbonyl (C=O) groups excluding carboxylic acids is 1. The standard InChI is InChI=1S/C29H25F2N7O3/c1-32-28(41)29-12-17(29)23(24(39)25(29)40)38-13-34-22-26(35-20-11-16(20)14-5-7-18(30)19(31)10-14)36-21(37-27(22)38)8-6-15-4-2-3-9-33-15/h2-5,7,9-10,13,16-17,20,23-25,39-40H,11-12H2,1H3,(H,32,41)(H,35,36,37)/t16-,17?,20?,23+,24-,25-,29+/m0/s1. The number of rotatable bonds is 5. The van der Waals surface area contributed by atoms with Gasteiger partial charge in [-0.1, -0.05) is 12.1 Å². The van der Waals surface area contributed by atoms with E-state index < -0.39 is 35.3 Å². The molecular weight excluding hydrogens is 532 g/mol. The van der Waals surface area contributed by atoms with Crippen molar-refractivity contribution >= 4 is 22.9 Å². The minimum Gasteiger partial charge on any atom is -0.389 e. The minimum atomic E-state index is -1.24. The summed E-state index contributed by atoms with van der Waals surface area (Å²) in [5.41, 5.74) is 0.951. The lowest BCUT2D eigenvalue weighted by atomic mass is 9.98. The van der Waals surface area contributed by atoms with Crippen molar-refractivity contribution < 1.29 is 23.8 Å². The Morgan fingerprint density at radius 1 is 1.12 bits per heavy atom. The average Bonchev–Trinajstić information content (AvgIpc) is 3.86. The van der Waals surface area contributed by atoms with Gasteiger partial charge in [0.25, 0.3) is 0 Å². The number of anilines is 1. The Kier molecular flexibility index (Phi) is 5.78. The van der Waals surface area contributed by atoms with E-state index in [9.17, 15) is 23.8 Å². The Morgan fingerprint density at radius 2 is 1.98 bits per heavy atom. The molecular formula is C29H25F2N7O3. The van der Waals surface area contributed by atoms with Crippen LogP contribution in [0.1, 0.15) is 41.9 Å². The van der Waals surface area contributed by atoms with Crippen LogP contribution < -0.4 is 10.6 Å². The predicted octanol–water partition coefficient (Wildman–Crippen LogP) is 1.90. The van der Waals surface area contributed by atoms with Gasteiger partial charge in [0, 0.05) is 31.1 Å². The van der Waals surface area contributed by atoms with Crippen LogP contribution in [-0.2, 0) is 4.79 Å². The fourth-order valence-electron chi connectivity index (χ4n) is 6.28. The zero-order valence-corrected chi connectivity index (χ0v) is 21.8. The van der Waals surface area contributed by atoms with Crippen LogP contribution in [0.2, 0.25) is 0 Å². The number of hydrogen-bond donors (Lipinski definition) is 4. The number of halogens is 2. The molecule has 3 aliphatic rings. The Labute approximate surface area is 232 Å². The van der Waals surface area contributed by atoms with E-state index in [1.54, 1.807) is 29.0 Å². The second-order valence-corrected chi connectivity index (χ2v) is 10.8. The van der Waals surface area contributed by atoms with Crippen molar-refractivity contribution in [3.05, 3.63) is 77.6 Å². The maximum atomic E-state index is 13.8. The smallest absolute Gasteiger partial charge is 0.229 e. The highest BCUT2D eigenvalue weighted by atomic mass is 19.2. The fraction of sp³-hybridized carbons (Fsp3) is 0.345. The van der Waals surface area contributed by atoms with Gasteiger partial charge in [0.05, 0.1) is 23.9 Å².